The fourth-order valence-corrected chi connectivity index (χ4v) is 2.16. The van der Waals surface area contributed by atoms with Crippen molar-refractivity contribution in [1.82, 2.24) is 4.90 Å². The van der Waals surface area contributed by atoms with Gasteiger partial charge in [0.05, 0.1) is 13.1 Å². The van der Waals surface area contributed by atoms with E-state index in [1.54, 1.807) is 0 Å². The highest BCUT2D eigenvalue weighted by Gasteiger charge is 2.35. The Hall–Kier alpha value is -0.780. The molecule has 1 aliphatic carbocycles. The summed E-state index contributed by atoms with van der Waals surface area (Å²) in [6.45, 7) is -1.64. The van der Waals surface area contributed by atoms with Crippen molar-refractivity contribution in [3.63, 3.8) is 0 Å². The van der Waals surface area contributed by atoms with Crippen LogP contribution in [0.2, 0.25) is 0 Å². The van der Waals surface area contributed by atoms with E-state index >= 15 is 0 Å². The van der Waals surface area contributed by atoms with Crippen LogP contribution in [0.3, 0.4) is 0 Å². The zero-order chi connectivity index (χ0) is 12.2. The lowest BCUT2D eigenvalue weighted by molar-refractivity contribution is -0.159. The number of rotatable bonds is 4. The molecular weight excluding hydrogens is 223 g/mol. The smallest absolute Gasteiger partial charge is 0.401 e. The normalized spacial score (nSPS) is 19.0. The van der Waals surface area contributed by atoms with Gasteiger partial charge in [0.15, 0.2) is 0 Å². The molecule has 3 nitrogen and oxygen atoms in total. The van der Waals surface area contributed by atoms with E-state index in [9.17, 15) is 18.0 Å². The van der Waals surface area contributed by atoms with Crippen molar-refractivity contribution in [2.45, 2.75) is 44.3 Å². The van der Waals surface area contributed by atoms with Crippen LogP contribution in [0.25, 0.3) is 0 Å². The molecule has 0 aromatic carbocycles. The number of halogens is 3. The molecule has 1 saturated carbocycles. The number of carboxylic acids is 1. The molecule has 0 amide bonds. The van der Waals surface area contributed by atoms with Gasteiger partial charge in [-0.25, -0.2) is 0 Å². The number of nitrogens with zero attached hydrogens (tertiary/aromatic N) is 1. The molecule has 0 aliphatic heterocycles. The summed E-state index contributed by atoms with van der Waals surface area (Å²) in [5.41, 5.74) is 0. The number of aliphatic carboxylic acids is 1. The summed E-state index contributed by atoms with van der Waals surface area (Å²) in [6.07, 6.45) is -0.180. The lowest BCUT2D eigenvalue weighted by Crippen LogP contribution is -2.45. The lowest BCUT2D eigenvalue weighted by atomic mass is 9.94. The quantitative estimate of drug-likeness (QED) is 0.818. The molecule has 0 aromatic heterocycles. The fourth-order valence-electron chi connectivity index (χ4n) is 2.16. The van der Waals surface area contributed by atoms with Crippen LogP contribution in [0.15, 0.2) is 0 Å². The largest absolute Gasteiger partial charge is 0.480 e. The summed E-state index contributed by atoms with van der Waals surface area (Å²) in [5.74, 6) is -1.20. The van der Waals surface area contributed by atoms with Crippen molar-refractivity contribution in [2.75, 3.05) is 13.1 Å². The number of carbonyl (C=O) groups is 1. The van der Waals surface area contributed by atoms with E-state index in [1.807, 2.05) is 0 Å². The summed E-state index contributed by atoms with van der Waals surface area (Å²) >= 11 is 0. The third-order valence-corrected chi connectivity index (χ3v) is 2.81. The second-order valence-corrected chi connectivity index (χ2v) is 4.21. The Morgan fingerprint density at radius 2 is 1.81 bits per heavy atom. The lowest BCUT2D eigenvalue weighted by Gasteiger charge is -2.33. The van der Waals surface area contributed by atoms with E-state index < -0.39 is 25.2 Å². The average Bonchev–Trinajstić information content (AvgIpc) is 2.15. The summed E-state index contributed by atoms with van der Waals surface area (Å²) in [4.78, 5) is 11.6. The van der Waals surface area contributed by atoms with Gasteiger partial charge in [0.1, 0.15) is 0 Å². The summed E-state index contributed by atoms with van der Waals surface area (Å²) in [5, 5.41) is 8.60. The van der Waals surface area contributed by atoms with Crippen LogP contribution in [-0.2, 0) is 4.79 Å². The van der Waals surface area contributed by atoms with Gasteiger partial charge in [0, 0.05) is 6.04 Å². The second-order valence-electron chi connectivity index (χ2n) is 4.21. The third kappa shape index (κ3) is 4.83. The van der Waals surface area contributed by atoms with Crippen molar-refractivity contribution < 1.29 is 23.1 Å². The van der Waals surface area contributed by atoms with Crippen molar-refractivity contribution >= 4 is 5.97 Å². The average molecular weight is 239 g/mol. The molecule has 6 heteroatoms. The predicted molar refractivity (Wildman–Crippen MR) is 52.1 cm³/mol. The van der Waals surface area contributed by atoms with Crippen molar-refractivity contribution in [1.29, 1.82) is 0 Å². The molecule has 0 aromatic rings. The summed E-state index contributed by atoms with van der Waals surface area (Å²) < 4.78 is 36.8. The molecule has 1 aliphatic rings. The van der Waals surface area contributed by atoms with E-state index in [0.717, 1.165) is 24.2 Å². The minimum atomic E-state index is -4.33. The highest BCUT2D eigenvalue weighted by Crippen LogP contribution is 2.25. The number of hydrogen-bond donors (Lipinski definition) is 1. The van der Waals surface area contributed by atoms with E-state index in [2.05, 4.69) is 0 Å². The van der Waals surface area contributed by atoms with Gasteiger partial charge in [0.25, 0.3) is 0 Å². The summed E-state index contributed by atoms with van der Waals surface area (Å²) in [6, 6.07) is -0.230. The number of carboxylic acid groups (broad SMARTS) is 1. The number of hydrogen-bond acceptors (Lipinski definition) is 2. The zero-order valence-electron chi connectivity index (χ0n) is 8.96. The molecule has 0 atom stereocenters. The monoisotopic (exact) mass is 239 g/mol. The van der Waals surface area contributed by atoms with E-state index in [-0.39, 0.29) is 6.04 Å². The Kier molecular flexibility index (Phi) is 4.58. The second kappa shape index (κ2) is 5.52. The van der Waals surface area contributed by atoms with Crippen LogP contribution in [0.1, 0.15) is 32.1 Å². The first kappa shape index (κ1) is 13.3. The van der Waals surface area contributed by atoms with Gasteiger partial charge >= 0.3 is 12.1 Å². The van der Waals surface area contributed by atoms with Crippen molar-refractivity contribution in [2.24, 2.45) is 0 Å². The highest BCUT2D eigenvalue weighted by molar-refractivity contribution is 5.69. The Labute approximate surface area is 92.2 Å². The zero-order valence-corrected chi connectivity index (χ0v) is 8.96. The maximum absolute atomic E-state index is 12.3. The van der Waals surface area contributed by atoms with Gasteiger partial charge in [-0.3, -0.25) is 9.69 Å². The van der Waals surface area contributed by atoms with Gasteiger partial charge in [0.2, 0.25) is 0 Å². The molecule has 0 unspecified atom stereocenters. The topological polar surface area (TPSA) is 40.5 Å². The Bertz CT molecular complexity index is 237. The molecule has 1 fully saturated rings. The van der Waals surface area contributed by atoms with E-state index in [0.29, 0.717) is 12.8 Å². The molecule has 0 saturated heterocycles. The van der Waals surface area contributed by atoms with Gasteiger partial charge < -0.3 is 5.11 Å². The minimum Gasteiger partial charge on any atom is -0.480 e. The van der Waals surface area contributed by atoms with Crippen LogP contribution in [-0.4, -0.2) is 41.3 Å². The first-order valence-corrected chi connectivity index (χ1v) is 5.41. The molecule has 0 heterocycles. The Morgan fingerprint density at radius 3 is 2.25 bits per heavy atom. The summed E-state index contributed by atoms with van der Waals surface area (Å²) in [7, 11) is 0. The Balaban J connectivity index is 2.58. The van der Waals surface area contributed by atoms with Crippen LogP contribution in [0.4, 0.5) is 13.2 Å². The van der Waals surface area contributed by atoms with Crippen LogP contribution in [0.5, 0.6) is 0 Å². The molecule has 0 bridgehead atoms. The van der Waals surface area contributed by atoms with Gasteiger partial charge in [-0.2, -0.15) is 13.2 Å². The maximum atomic E-state index is 12.3. The van der Waals surface area contributed by atoms with E-state index in [1.165, 1.54) is 0 Å². The fraction of sp³-hybridized carbons (Fsp3) is 0.900. The Morgan fingerprint density at radius 1 is 1.25 bits per heavy atom. The van der Waals surface area contributed by atoms with Gasteiger partial charge in [-0.1, -0.05) is 19.3 Å². The molecule has 0 radical (unpaired) electrons. The minimum absolute atomic E-state index is 0.230. The first-order valence-electron chi connectivity index (χ1n) is 5.41. The molecule has 16 heavy (non-hydrogen) atoms. The van der Waals surface area contributed by atoms with Crippen LogP contribution < -0.4 is 0 Å². The highest BCUT2D eigenvalue weighted by atomic mass is 19.4. The van der Waals surface area contributed by atoms with Gasteiger partial charge in [-0.15, -0.1) is 0 Å². The maximum Gasteiger partial charge on any atom is 0.401 e. The molecular formula is C10H16F3NO2. The molecule has 1 rings (SSSR count). The SMILES string of the molecule is O=C(O)CN(CC(F)(F)F)C1CCCCC1. The number of alkyl halides is 3. The molecule has 1 N–H and O–H groups in total. The van der Waals surface area contributed by atoms with Crippen LogP contribution in [0, 0.1) is 0 Å². The molecule has 94 valence electrons. The molecule has 0 spiro atoms. The van der Waals surface area contributed by atoms with Crippen molar-refractivity contribution in [3.8, 4) is 0 Å². The standard InChI is InChI=1S/C10H16F3NO2/c11-10(12,13)7-14(6-9(15)16)8-4-2-1-3-5-8/h8H,1-7H2,(H,15,16). The van der Waals surface area contributed by atoms with Gasteiger partial charge in [-0.05, 0) is 12.8 Å². The third-order valence-electron chi connectivity index (χ3n) is 2.81. The van der Waals surface area contributed by atoms with E-state index in [4.69, 9.17) is 5.11 Å². The van der Waals surface area contributed by atoms with Crippen molar-refractivity contribution in [3.05, 3.63) is 0 Å². The van der Waals surface area contributed by atoms with Crippen LogP contribution >= 0.6 is 0 Å². The first-order chi connectivity index (χ1) is 7.38. The predicted octanol–water partition coefficient (Wildman–Crippen LogP) is 2.27.